The Morgan fingerprint density at radius 3 is 2.53 bits per heavy atom. The number of amides is 1. The first-order valence-electron chi connectivity index (χ1n) is 4.49. The van der Waals surface area contributed by atoms with E-state index < -0.39 is 12.6 Å². The first kappa shape index (κ1) is 14.2. The van der Waals surface area contributed by atoms with Crippen LogP contribution in [0.3, 0.4) is 0 Å². The fourth-order valence-electron chi connectivity index (χ4n) is 0.787. The number of methoxy groups -OCH3 is 1. The number of hydrogen-bond donors (Lipinski definition) is 2. The summed E-state index contributed by atoms with van der Waals surface area (Å²) in [6.07, 6.45) is -5.11. The molecule has 90 valence electrons. The molecule has 0 rings (SSSR count). The number of ether oxygens (including phenoxy) is 1. The van der Waals surface area contributed by atoms with E-state index in [9.17, 15) is 18.0 Å². The molecule has 0 radical (unpaired) electrons. The summed E-state index contributed by atoms with van der Waals surface area (Å²) in [5, 5.41) is 4.87. The molecule has 0 heterocycles. The maximum atomic E-state index is 11.7. The van der Waals surface area contributed by atoms with Crippen LogP contribution in [-0.4, -0.2) is 45.4 Å². The highest BCUT2D eigenvalue weighted by Crippen LogP contribution is 2.17. The predicted molar refractivity (Wildman–Crippen MR) is 48.4 cm³/mol. The number of halogens is 3. The third-order valence-electron chi connectivity index (χ3n) is 1.50. The van der Waals surface area contributed by atoms with Gasteiger partial charge in [-0.15, -0.1) is 0 Å². The largest absolute Gasteiger partial charge is 0.390 e. The standard InChI is InChI=1S/C8H15F3N2O2/c1-15-5-4-13-7(14)6-12-3-2-8(9,10)11/h12H,2-6H2,1H3,(H,13,14). The molecule has 0 atom stereocenters. The minimum Gasteiger partial charge on any atom is -0.383 e. The molecule has 0 saturated heterocycles. The van der Waals surface area contributed by atoms with Crippen molar-refractivity contribution in [1.82, 2.24) is 10.6 Å². The number of carbonyl (C=O) groups is 1. The average Bonchev–Trinajstić information content (AvgIpc) is 2.11. The average molecular weight is 228 g/mol. The Morgan fingerprint density at radius 2 is 2.00 bits per heavy atom. The predicted octanol–water partition coefficient (Wildman–Crippen LogP) is 0.291. The van der Waals surface area contributed by atoms with Crippen LogP contribution in [0.1, 0.15) is 6.42 Å². The first-order valence-corrected chi connectivity index (χ1v) is 4.49. The second-order valence-electron chi connectivity index (χ2n) is 2.88. The van der Waals surface area contributed by atoms with E-state index in [0.717, 1.165) is 0 Å². The van der Waals surface area contributed by atoms with Gasteiger partial charge in [-0.05, 0) is 0 Å². The maximum Gasteiger partial charge on any atom is 0.390 e. The molecule has 4 nitrogen and oxygen atoms in total. The van der Waals surface area contributed by atoms with Crippen molar-refractivity contribution in [2.45, 2.75) is 12.6 Å². The third kappa shape index (κ3) is 11.1. The molecule has 1 amide bonds. The zero-order valence-electron chi connectivity index (χ0n) is 8.49. The molecule has 2 N–H and O–H groups in total. The van der Waals surface area contributed by atoms with Gasteiger partial charge >= 0.3 is 6.18 Å². The zero-order valence-corrected chi connectivity index (χ0v) is 8.49. The molecule has 0 aromatic carbocycles. The number of rotatable bonds is 7. The summed E-state index contributed by atoms with van der Waals surface area (Å²) < 4.78 is 39.7. The van der Waals surface area contributed by atoms with Crippen molar-refractivity contribution in [2.75, 3.05) is 33.4 Å². The van der Waals surface area contributed by atoms with Crippen LogP contribution in [0, 0.1) is 0 Å². The molecule has 0 aromatic rings. The van der Waals surface area contributed by atoms with Crippen LogP contribution in [-0.2, 0) is 9.53 Å². The first-order chi connectivity index (χ1) is 6.95. The van der Waals surface area contributed by atoms with Crippen LogP contribution in [0.25, 0.3) is 0 Å². The van der Waals surface area contributed by atoms with E-state index in [2.05, 4.69) is 15.4 Å². The normalized spacial score (nSPS) is 11.5. The summed E-state index contributed by atoms with van der Waals surface area (Å²) in [4.78, 5) is 10.9. The maximum absolute atomic E-state index is 11.7. The van der Waals surface area contributed by atoms with Crippen molar-refractivity contribution >= 4 is 5.91 Å². The van der Waals surface area contributed by atoms with Gasteiger partial charge in [-0.25, -0.2) is 0 Å². The molecular weight excluding hydrogens is 213 g/mol. The quantitative estimate of drug-likeness (QED) is 0.616. The lowest BCUT2D eigenvalue weighted by molar-refractivity contribution is -0.134. The summed E-state index contributed by atoms with van der Waals surface area (Å²) in [6.45, 7) is 0.381. The molecule has 0 unspecified atom stereocenters. The second-order valence-corrected chi connectivity index (χ2v) is 2.88. The number of nitrogens with one attached hydrogen (secondary N) is 2. The van der Waals surface area contributed by atoms with E-state index in [1.54, 1.807) is 0 Å². The Morgan fingerprint density at radius 1 is 1.33 bits per heavy atom. The monoisotopic (exact) mass is 228 g/mol. The van der Waals surface area contributed by atoms with E-state index in [0.29, 0.717) is 13.2 Å². The van der Waals surface area contributed by atoms with Gasteiger partial charge in [0.2, 0.25) is 5.91 Å². The van der Waals surface area contributed by atoms with Gasteiger partial charge in [0, 0.05) is 20.2 Å². The molecule has 15 heavy (non-hydrogen) atoms. The van der Waals surface area contributed by atoms with E-state index in [-0.39, 0.29) is 19.0 Å². The Balaban J connectivity index is 3.32. The van der Waals surface area contributed by atoms with Gasteiger partial charge in [0.15, 0.2) is 0 Å². The number of alkyl halides is 3. The minimum absolute atomic E-state index is 0.111. The van der Waals surface area contributed by atoms with Gasteiger partial charge < -0.3 is 15.4 Å². The zero-order chi connectivity index (χ0) is 11.7. The molecule has 0 aromatic heterocycles. The smallest absolute Gasteiger partial charge is 0.383 e. The van der Waals surface area contributed by atoms with Gasteiger partial charge in [-0.1, -0.05) is 0 Å². The van der Waals surface area contributed by atoms with E-state index >= 15 is 0 Å². The number of hydrogen-bond acceptors (Lipinski definition) is 3. The van der Waals surface area contributed by atoms with Crippen LogP contribution >= 0.6 is 0 Å². The SMILES string of the molecule is COCCNC(=O)CNCCC(F)(F)F. The molecule has 0 fully saturated rings. The number of carbonyl (C=O) groups excluding carboxylic acids is 1. The highest BCUT2D eigenvalue weighted by Gasteiger charge is 2.25. The Kier molecular flexibility index (Phi) is 7.06. The third-order valence-corrected chi connectivity index (χ3v) is 1.50. The lowest BCUT2D eigenvalue weighted by Crippen LogP contribution is -2.36. The molecule has 0 bridgehead atoms. The fourth-order valence-corrected chi connectivity index (χ4v) is 0.787. The molecule has 0 saturated carbocycles. The topological polar surface area (TPSA) is 50.4 Å². The molecular formula is C8H15F3N2O2. The van der Waals surface area contributed by atoms with Crippen molar-refractivity contribution < 1.29 is 22.7 Å². The van der Waals surface area contributed by atoms with Gasteiger partial charge in [-0.2, -0.15) is 13.2 Å². The van der Waals surface area contributed by atoms with Crippen LogP contribution in [0.2, 0.25) is 0 Å². The lowest BCUT2D eigenvalue weighted by atomic mass is 10.4. The molecule has 7 heteroatoms. The van der Waals surface area contributed by atoms with Crippen molar-refractivity contribution in [2.24, 2.45) is 0 Å². The van der Waals surface area contributed by atoms with Crippen LogP contribution in [0.15, 0.2) is 0 Å². The fraction of sp³-hybridized carbons (Fsp3) is 0.875. The summed E-state index contributed by atoms with van der Waals surface area (Å²) in [5.74, 6) is -0.339. The molecule has 0 aliphatic rings. The van der Waals surface area contributed by atoms with Crippen LogP contribution < -0.4 is 10.6 Å². The molecule has 0 aliphatic heterocycles. The van der Waals surface area contributed by atoms with E-state index in [4.69, 9.17) is 0 Å². The second kappa shape index (κ2) is 7.47. The van der Waals surface area contributed by atoms with Crippen molar-refractivity contribution in [3.63, 3.8) is 0 Å². The van der Waals surface area contributed by atoms with Gasteiger partial charge in [0.05, 0.1) is 19.6 Å². The minimum atomic E-state index is -4.18. The summed E-state index contributed by atoms with van der Waals surface area (Å²) in [6, 6.07) is 0. The lowest BCUT2D eigenvalue weighted by Gasteiger charge is -2.08. The van der Waals surface area contributed by atoms with Crippen molar-refractivity contribution in [3.05, 3.63) is 0 Å². The van der Waals surface area contributed by atoms with Gasteiger partial charge in [0.1, 0.15) is 0 Å². The Bertz CT molecular complexity index is 185. The highest BCUT2D eigenvalue weighted by molar-refractivity contribution is 5.77. The Labute approximate surface area is 86.2 Å². The van der Waals surface area contributed by atoms with E-state index in [1.807, 2.05) is 0 Å². The van der Waals surface area contributed by atoms with Crippen molar-refractivity contribution in [1.29, 1.82) is 0 Å². The Hall–Kier alpha value is -0.820. The van der Waals surface area contributed by atoms with Gasteiger partial charge in [0.25, 0.3) is 0 Å². The van der Waals surface area contributed by atoms with E-state index in [1.165, 1.54) is 7.11 Å². The van der Waals surface area contributed by atoms with Crippen LogP contribution in [0.4, 0.5) is 13.2 Å². The van der Waals surface area contributed by atoms with Crippen molar-refractivity contribution in [3.8, 4) is 0 Å². The summed E-state index contributed by atoms with van der Waals surface area (Å²) in [5.41, 5.74) is 0. The molecule has 0 spiro atoms. The van der Waals surface area contributed by atoms with Gasteiger partial charge in [-0.3, -0.25) is 4.79 Å². The highest BCUT2D eigenvalue weighted by atomic mass is 19.4. The molecule has 0 aliphatic carbocycles. The summed E-state index contributed by atoms with van der Waals surface area (Å²) in [7, 11) is 1.49. The summed E-state index contributed by atoms with van der Waals surface area (Å²) >= 11 is 0. The van der Waals surface area contributed by atoms with Crippen LogP contribution in [0.5, 0.6) is 0 Å².